The van der Waals surface area contributed by atoms with Crippen molar-refractivity contribution < 1.29 is 19.1 Å². The minimum Gasteiger partial charge on any atom is -0.459 e. The molecule has 0 amide bonds. The van der Waals surface area contributed by atoms with Gasteiger partial charge in [0.2, 0.25) is 0 Å². The molecule has 0 aromatic heterocycles. The molecule has 1 aliphatic carbocycles. The molecule has 1 saturated carbocycles. The third-order valence-electron chi connectivity index (χ3n) is 4.14. The second kappa shape index (κ2) is 7.77. The molecule has 0 aliphatic heterocycles. The lowest BCUT2D eigenvalue weighted by atomic mass is 9.98. The van der Waals surface area contributed by atoms with Crippen LogP contribution in [0.5, 0.6) is 5.75 Å². The highest BCUT2D eigenvalue weighted by molar-refractivity contribution is 5.94. The normalized spacial score (nSPS) is 14.8. The smallest absolute Gasteiger partial charge is 0.343 e. The molecule has 0 bridgehead atoms. The maximum absolute atomic E-state index is 12.1. The highest BCUT2D eigenvalue weighted by atomic mass is 16.5. The highest BCUT2D eigenvalue weighted by Crippen LogP contribution is 2.21. The fraction of sp³-hybridized carbons (Fsp3) is 0.300. The van der Waals surface area contributed by atoms with Gasteiger partial charge in [0.05, 0.1) is 11.1 Å². The molecule has 0 heterocycles. The van der Waals surface area contributed by atoms with Crippen LogP contribution in [0.1, 0.15) is 52.8 Å². The van der Waals surface area contributed by atoms with Crippen molar-refractivity contribution in [3.63, 3.8) is 0 Å². The van der Waals surface area contributed by atoms with E-state index in [-0.39, 0.29) is 12.1 Å². The SMILES string of the molecule is O=C(Oc1ccccc1)c1ccc(C(=O)OC2CCCCC2)cc1. The second-order valence-electron chi connectivity index (χ2n) is 5.95. The second-order valence-corrected chi connectivity index (χ2v) is 5.95. The molecule has 24 heavy (non-hydrogen) atoms. The Bertz CT molecular complexity index is 685. The van der Waals surface area contributed by atoms with E-state index in [0.717, 1.165) is 25.7 Å². The van der Waals surface area contributed by atoms with Gasteiger partial charge in [-0.2, -0.15) is 0 Å². The van der Waals surface area contributed by atoms with E-state index < -0.39 is 5.97 Å². The summed E-state index contributed by atoms with van der Waals surface area (Å²) in [6.45, 7) is 0. The number of carbonyl (C=O) groups excluding carboxylic acids is 2. The average molecular weight is 324 g/mol. The van der Waals surface area contributed by atoms with Gasteiger partial charge in [-0.05, 0) is 62.1 Å². The summed E-state index contributed by atoms with van der Waals surface area (Å²) in [5.41, 5.74) is 0.852. The van der Waals surface area contributed by atoms with Crippen molar-refractivity contribution in [1.29, 1.82) is 0 Å². The average Bonchev–Trinajstić information content (AvgIpc) is 2.63. The fourth-order valence-corrected chi connectivity index (χ4v) is 2.80. The molecular weight excluding hydrogens is 304 g/mol. The standard InChI is InChI=1S/C20H20O4/c21-19(23-17-7-3-1-4-8-17)15-11-13-16(14-12-15)20(22)24-18-9-5-2-6-10-18/h1,3-4,7-8,11-14,18H,2,5-6,9-10H2. The molecule has 0 radical (unpaired) electrons. The van der Waals surface area contributed by atoms with Gasteiger partial charge in [0.25, 0.3) is 0 Å². The molecule has 4 nitrogen and oxygen atoms in total. The molecule has 3 rings (SSSR count). The number of rotatable bonds is 4. The van der Waals surface area contributed by atoms with E-state index in [1.807, 2.05) is 6.07 Å². The topological polar surface area (TPSA) is 52.6 Å². The van der Waals surface area contributed by atoms with Crippen molar-refractivity contribution >= 4 is 11.9 Å². The van der Waals surface area contributed by atoms with Crippen molar-refractivity contribution in [2.75, 3.05) is 0 Å². The minimum atomic E-state index is -0.451. The predicted octanol–water partition coefficient (Wildman–Crippen LogP) is 4.40. The van der Waals surface area contributed by atoms with Gasteiger partial charge in [0, 0.05) is 0 Å². The fourth-order valence-electron chi connectivity index (χ4n) is 2.80. The predicted molar refractivity (Wildman–Crippen MR) is 90.1 cm³/mol. The third-order valence-corrected chi connectivity index (χ3v) is 4.14. The van der Waals surface area contributed by atoms with Crippen LogP contribution < -0.4 is 4.74 Å². The van der Waals surface area contributed by atoms with Crippen LogP contribution in [0.2, 0.25) is 0 Å². The Labute approximate surface area is 141 Å². The van der Waals surface area contributed by atoms with Crippen molar-refractivity contribution in [3.05, 3.63) is 65.7 Å². The monoisotopic (exact) mass is 324 g/mol. The number of esters is 2. The summed E-state index contributed by atoms with van der Waals surface area (Å²) in [4.78, 5) is 24.2. The number of ether oxygens (including phenoxy) is 2. The molecule has 4 heteroatoms. The molecular formula is C20H20O4. The van der Waals surface area contributed by atoms with E-state index in [1.54, 1.807) is 48.5 Å². The van der Waals surface area contributed by atoms with Crippen molar-refractivity contribution in [2.45, 2.75) is 38.2 Å². The van der Waals surface area contributed by atoms with Crippen LogP contribution in [0.4, 0.5) is 0 Å². The van der Waals surface area contributed by atoms with Gasteiger partial charge < -0.3 is 9.47 Å². The number of benzene rings is 2. The maximum Gasteiger partial charge on any atom is 0.343 e. The Kier molecular flexibility index (Phi) is 5.26. The van der Waals surface area contributed by atoms with Crippen LogP contribution in [-0.2, 0) is 4.74 Å². The first-order valence-corrected chi connectivity index (χ1v) is 8.30. The van der Waals surface area contributed by atoms with Gasteiger partial charge in [0.15, 0.2) is 0 Å². The van der Waals surface area contributed by atoms with Crippen molar-refractivity contribution in [3.8, 4) is 5.75 Å². The first-order chi connectivity index (χ1) is 11.7. The zero-order valence-electron chi connectivity index (χ0n) is 13.4. The lowest BCUT2D eigenvalue weighted by Gasteiger charge is -2.21. The van der Waals surface area contributed by atoms with Crippen LogP contribution in [0.15, 0.2) is 54.6 Å². The molecule has 0 unspecified atom stereocenters. The summed E-state index contributed by atoms with van der Waals surface area (Å²) in [5, 5.41) is 0. The van der Waals surface area contributed by atoms with Crippen LogP contribution in [0, 0.1) is 0 Å². The third kappa shape index (κ3) is 4.22. The summed E-state index contributed by atoms with van der Waals surface area (Å²) in [5.74, 6) is -0.290. The Morgan fingerprint density at radius 1 is 0.750 bits per heavy atom. The van der Waals surface area contributed by atoms with Crippen LogP contribution in [0.3, 0.4) is 0 Å². The molecule has 1 aliphatic rings. The van der Waals surface area contributed by atoms with Gasteiger partial charge in [-0.1, -0.05) is 24.6 Å². The molecule has 0 saturated heterocycles. The summed E-state index contributed by atoms with van der Waals surface area (Å²) in [7, 11) is 0. The number of para-hydroxylation sites is 1. The van der Waals surface area contributed by atoms with Gasteiger partial charge in [-0.3, -0.25) is 0 Å². The Hall–Kier alpha value is -2.62. The van der Waals surface area contributed by atoms with Crippen LogP contribution >= 0.6 is 0 Å². The number of hydrogen-bond acceptors (Lipinski definition) is 4. The highest BCUT2D eigenvalue weighted by Gasteiger charge is 2.19. The van der Waals surface area contributed by atoms with Gasteiger partial charge in [-0.25, -0.2) is 9.59 Å². The van der Waals surface area contributed by atoms with E-state index >= 15 is 0 Å². The van der Waals surface area contributed by atoms with E-state index in [0.29, 0.717) is 16.9 Å². The Morgan fingerprint density at radius 3 is 1.96 bits per heavy atom. The zero-order chi connectivity index (χ0) is 16.8. The number of carbonyl (C=O) groups is 2. The van der Waals surface area contributed by atoms with Gasteiger partial charge >= 0.3 is 11.9 Å². The Morgan fingerprint density at radius 2 is 1.33 bits per heavy atom. The van der Waals surface area contributed by atoms with Crippen molar-refractivity contribution in [2.24, 2.45) is 0 Å². The van der Waals surface area contributed by atoms with Crippen molar-refractivity contribution in [1.82, 2.24) is 0 Å². The van der Waals surface area contributed by atoms with Gasteiger partial charge in [0.1, 0.15) is 11.9 Å². The first-order valence-electron chi connectivity index (χ1n) is 8.30. The zero-order valence-corrected chi connectivity index (χ0v) is 13.4. The van der Waals surface area contributed by atoms with Gasteiger partial charge in [-0.15, -0.1) is 0 Å². The molecule has 2 aromatic carbocycles. The molecule has 2 aromatic rings. The Balaban J connectivity index is 1.60. The lowest BCUT2D eigenvalue weighted by molar-refractivity contribution is 0.0211. The molecule has 0 N–H and O–H groups in total. The molecule has 0 atom stereocenters. The summed E-state index contributed by atoms with van der Waals surface area (Å²) in [6.07, 6.45) is 5.34. The minimum absolute atomic E-state index is 0.0222. The van der Waals surface area contributed by atoms with Crippen LogP contribution in [0.25, 0.3) is 0 Å². The van der Waals surface area contributed by atoms with E-state index in [2.05, 4.69) is 0 Å². The van der Waals surface area contributed by atoms with E-state index in [4.69, 9.17) is 9.47 Å². The molecule has 1 fully saturated rings. The molecule has 0 spiro atoms. The number of hydrogen-bond donors (Lipinski definition) is 0. The first kappa shape index (κ1) is 16.2. The summed E-state index contributed by atoms with van der Waals surface area (Å²) >= 11 is 0. The summed E-state index contributed by atoms with van der Waals surface area (Å²) in [6, 6.07) is 15.3. The lowest BCUT2D eigenvalue weighted by Crippen LogP contribution is -2.21. The quantitative estimate of drug-likeness (QED) is 0.618. The maximum atomic E-state index is 12.1. The molecule has 124 valence electrons. The van der Waals surface area contributed by atoms with E-state index in [9.17, 15) is 9.59 Å². The largest absolute Gasteiger partial charge is 0.459 e. The van der Waals surface area contributed by atoms with Crippen LogP contribution in [-0.4, -0.2) is 18.0 Å². The van der Waals surface area contributed by atoms with E-state index in [1.165, 1.54) is 6.42 Å². The summed E-state index contributed by atoms with van der Waals surface area (Å²) < 4.78 is 10.8.